The molecular formula is C15H12F2N2. The summed E-state index contributed by atoms with van der Waals surface area (Å²) in [5, 5.41) is 8.79. The van der Waals surface area contributed by atoms with Crippen LogP contribution in [0.4, 0.5) is 14.5 Å². The maximum Gasteiger partial charge on any atom is 0.125 e. The molecule has 0 N–H and O–H groups in total. The molecule has 0 unspecified atom stereocenters. The van der Waals surface area contributed by atoms with Gasteiger partial charge in [-0.3, -0.25) is 0 Å². The molecule has 19 heavy (non-hydrogen) atoms. The molecule has 2 rings (SSSR count). The van der Waals surface area contributed by atoms with Gasteiger partial charge in [-0.15, -0.1) is 0 Å². The molecule has 0 heterocycles. The summed E-state index contributed by atoms with van der Waals surface area (Å²) in [7, 11) is 1.78. The highest BCUT2D eigenvalue weighted by Crippen LogP contribution is 2.17. The Balaban J connectivity index is 2.21. The Labute approximate surface area is 110 Å². The van der Waals surface area contributed by atoms with Crippen molar-refractivity contribution in [2.75, 3.05) is 11.9 Å². The van der Waals surface area contributed by atoms with Crippen molar-refractivity contribution in [3.63, 3.8) is 0 Å². The Hall–Kier alpha value is -2.41. The lowest BCUT2D eigenvalue weighted by molar-refractivity contribution is 0.623. The molecule has 0 aliphatic rings. The molecule has 2 aromatic rings. The minimum Gasteiger partial charge on any atom is -0.370 e. The molecule has 2 aromatic carbocycles. The van der Waals surface area contributed by atoms with Crippen molar-refractivity contribution < 1.29 is 8.78 Å². The molecule has 0 amide bonds. The van der Waals surface area contributed by atoms with E-state index in [1.165, 1.54) is 24.3 Å². The van der Waals surface area contributed by atoms with Crippen LogP contribution >= 0.6 is 0 Å². The van der Waals surface area contributed by atoms with Crippen molar-refractivity contribution in [1.29, 1.82) is 5.26 Å². The third kappa shape index (κ3) is 3.29. The second kappa shape index (κ2) is 5.49. The molecular weight excluding hydrogens is 246 g/mol. The number of nitrogens with zero attached hydrogens (tertiary/aromatic N) is 2. The second-order valence-corrected chi connectivity index (χ2v) is 4.30. The van der Waals surface area contributed by atoms with E-state index in [-0.39, 0.29) is 11.4 Å². The molecule has 0 saturated heterocycles. The van der Waals surface area contributed by atoms with E-state index in [0.717, 1.165) is 0 Å². The van der Waals surface area contributed by atoms with E-state index in [4.69, 9.17) is 5.26 Å². The van der Waals surface area contributed by atoms with E-state index < -0.39 is 5.82 Å². The summed E-state index contributed by atoms with van der Waals surface area (Å²) in [6, 6.07) is 12.3. The molecule has 2 nitrogen and oxygen atoms in total. The number of halogens is 2. The first-order valence-electron chi connectivity index (χ1n) is 5.75. The quantitative estimate of drug-likeness (QED) is 0.842. The molecule has 96 valence electrons. The van der Waals surface area contributed by atoms with Crippen LogP contribution < -0.4 is 4.90 Å². The van der Waals surface area contributed by atoms with Gasteiger partial charge in [0.15, 0.2) is 0 Å². The average molecular weight is 258 g/mol. The Morgan fingerprint density at radius 1 is 1.11 bits per heavy atom. The zero-order chi connectivity index (χ0) is 13.8. The second-order valence-electron chi connectivity index (χ2n) is 4.30. The number of hydrogen-bond donors (Lipinski definition) is 0. The molecule has 0 fully saturated rings. The molecule has 0 saturated carbocycles. The Morgan fingerprint density at radius 3 is 2.58 bits per heavy atom. The first kappa shape index (κ1) is 13.0. The largest absolute Gasteiger partial charge is 0.370 e. The van der Waals surface area contributed by atoms with E-state index in [2.05, 4.69) is 0 Å². The van der Waals surface area contributed by atoms with Gasteiger partial charge >= 0.3 is 0 Å². The van der Waals surface area contributed by atoms with Crippen LogP contribution in [0.2, 0.25) is 0 Å². The van der Waals surface area contributed by atoms with Gasteiger partial charge in [-0.25, -0.2) is 8.78 Å². The predicted octanol–water partition coefficient (Wildman–Crippen LogP) is 3.47. The normalized spacial score (nSPS) is 10.0. The van der Waals surface area contributed by atoms with E-state index >= 15 is 0 Å². The summed E-state index contributed by atoms with van der Waals surface area (Å²) < 4.78 is 26.4. The molecule has 0 atom stereocenters. The number of anilines is 1. The van der Waals surface area contributed by atoms with Crippen LogP contribution in [0.25, 0.3) is 0 Å². The SMILES string of the molecule is CN(Cc1cc(F)cc(C#N)c1)c1cccc(F)c1. The highest BCUT2D eigenvalue weighted by atomic mass is 19.1. The third-order valence-electron chi connectivity index (χ3n) is 2.76. The average Bonchev–Trinajstić information content (AvgIpc) is 2.38. The monoisotopic (exact) mass is 258 g/mol. The van der Waals surface area contributed by atoms with Gasteiger partial charge in [0.05, 0.1) is 11.6 Å². The first-order chi connectivity index (χ1) is 9.08. The van der Waals surface area contributed by atoms with Crippen LogP contribution in [-0.4, -0.2) is 7.05 Å². The zero-order valence-corrected chi connectivity index (χ0v) is 10.4. The minimum absolute atomic E-state index is 0.280. The summed E-state index contributed by atoms with van der Waals surface area (Å²) in [5.41, 5.74) is 1.65. The van der Waals surface area contributed by atoms with Crippen LogP contribution in [0.5, 0.6) is 0 Å². The molecule has 0 aliphatic heterocycles. The topological polar surface area (TPSA) is 27.0 Å². The lowest BCUT2D eigenvalue weighted by atomic mass is 10.1. The fraction of sp³-hybridized carbons (Fsp3) is 0.133. The molecule has 0 aromatic heterocycles. The Kier molecular flexibility index (Phi) is 3.76. The van der Waals surface area contributed by atoms with Crippen LogP contribution in [-0.2, 0) is 6.54 Å². The zero-order valence-electron chi connectivity index (χ0n) is 10.4. The molecule has 0 radical (unpaired) electrons. The number of hydrogen-bond acceptors (Lipinski definition) is 2. The van der Waals surface area contributed by atoms with Crippen molar-refractivity contribution in [2.24, 2.45) is 0 Å². The summed E-state index contributed by atoms with van der Waals surface area (Å²) >= 11 is 0. The molecule has 0 aliphatic carbocycles. The highest BCUT2D eigenvalue weighted by molar-refractivity contribution is 5.46. The minimum atomic E-state index is -0.443. The van der Waals surface area contributed by atoms with Gasteiger partial charge in [0.25, 0.3) is 0 Å². The van der Waals surface area contributed by atoms with Gasteiger partial charge in [0.1, 0.15) is 11.6 Å². The van der Waals surface area contributed by atoms with Crippen LogP contribution in [0.15, 0.2) is 42.5 Å². The van der Waals surface area contributed by atoms with Crippen molar-refractivity contribution >= 4 is 5.69 Å². The maximum atomic E-state index is 13.3. The van der Waals surface area contributed by atoms with E-state index in [9.17, 15) is 8.78 Å². The summed E-state index contributed by atoms with van der Waals surface area (Å²) in [4.78, 5) is 1.79. The lowest BCUT2D eigenvalue weighted by Crippen LogP contribution is -2.16. The number of rotatable bonds is 3. The molecule has 0 spiro atoms. The van der Waals surface area contributed by atoms with E-state index in [1.807, 2.05) is 6.07 Å². The standard InChI is InChI=1S/C15H12F2N2/c1-19(15-4-2-3-13(16)8-15)10-12-5-11(9-18)6-14(17)7-12/h2-8H,10H2,1H3. The fourth-order valence-corrected chi connectivity index (χ4v) is 1.88. The summed E-state index contributed by atoms with van der Waals surface area (Å²) in [6.45, 7) is 0.399. The van der Waals surface area contributed by atoms with Gasteiger partial charge in [0, 0.05) is 19.3 Å². The van der Waals surface area contributed by atoms with Crippen molar-refractivity contribution in [3.05, 3.63) is 65.2 Å². The van der Waals surface area contributed by atoms with Crippen LogP contribution in [0.3, 0.4) is 0 Å². The van der Waals surface area contributed by atoms with Gasteiger partial charge < -0.3 is 4.90 Å². The fourth-order valence-electron chi connectivity index (χ4n) is 1.88. The van der Waals surface area contributed by atoms with Crippen molar-refractivity contribution in [1.82, 2.24) is 0 Å². The van der Waals surface area contributed by atoms with Gasteiger partial charge in [0.2, 0.25) is 0 Å². The van der Waals surface area contributed by atoms with Gasteiger partial charge in [-0.05, 0) is 42.0 Å². The lowest BCUT2D eigenvalue weighted by Gasteiger charge is -2.19. The van der Waals surface area contributed by atoms with Crippen LogP contribution in [0, 0.1) is 23.0 Å². The van der Waals surface area contributed by atoms with E-state index in [1.54, 1.807) is 30.1 Å². The maximum absolute atomic E-state index is 13.3. The van der Waals surface area contributed by atoms with Gasteiger partial charge in [-0.2, -0.15) is 5.26 Å². The molecule has 4 heteroatoms. The smallest absolute Gasteiger partial charge is 0.125 e. The Morgan fingerprint density at radius 2 is 1.89 bits per heavy atom. The van der Waals surface area contributed by atoms with Crippen LogP contribution in [0.1, 0.15) is 11.1 Å². The summed E-state index contributed by atoms with van der Waals surface area (Å²) in [6.07, 6.45) is 0. The summed E-state index contributed by atoms with van der Waals surface area (Å²) in [5.74, 6) is -0.761. The number of benzene rings is 2. The van der Waals surface area contributed by atoms with Crippen molar-refractivity contribution in [2.45, 2.75) is 6.54 Å². The van der Waals surface area contributed by atoms with E-state index in [0.29, 0.717) is 17.8 Å². The molecule has 0 bridgehead atoms. The third-order valence-corrected chi connectivity index (χ3v) is 2.76. The van der Waals surface area contributed by atoms with Crippen molar-refractivity contribution in [3.8, 4) is 6.07 Å². The Bertz CT molecular complexity index is 632. The highest BCUT2D eigenvalue weighted by Gasteiger charge is 2.06. The van der Waals surface area contributed by atoms with Gasteiger partial charge in [-0.1, -0.05) is 6.07 Å². The number of nitriles is 1. The predicted molar refractivity (Wildman–Crippen MR) is 69.6 cm³/mol. The first-order valence-corrected chi connectivity index (χ1v) is 5.75.